The SMILES string of the molecule is O=C1CC2CCC1CC21OC=CO1. The molecule has 1 heterocycles. The van der Waals surface area contributed by atoms with Gasteiger partial charge in [-0.3, -0.25) is 4.79 Å². The number of Topliss-reactive ketones (excluding diaryl/α,β-unsaturated/α-hetero) is 1. The third-order valence-electron chi connectivity index (χ3n) is 3.51. The van der Waals surface area contributed by atoms with E-state index in [-0.39, 0.29) is 11.8 Å². The van der Waals surface area contributed by atoms with Crippen molar-refractivity contribution in [3.63, 3.8) is 0 Å². The number of carbonyl (C=O) groups excluding carboxylic acids is 1. The first-order valence-electron chi connectivity index (χ1n) is 4.83. The number of ether oxygens (including phenoxy) is 2. The quantitative estimate of drug-likeness (QED) is 0.568. The van der Waals surface area contributed by atoms with Gasteiger partial charge < -0.3 is 9.47 Å². The highest BCUT2D eigenvalue weighted by Crippen LogP contribution is 2.49. The summed E-state index contributed by atoms with van der Waals surface area (Å²) in [5.74, 6) is 0.405. The van der Waals surface area contributed by atoms with Crippen molar-refractivity contribution in [3.8, 4) is 0 Å². The topological polar surface area (TPSA) is 35.5 Å². The van der Waals surface area contributed by atoms with Crippen LogP contribution in [-0.4, -0.2) is 11.6 Å². The molecule has 13 heavy (non-hydrogen) atoms. The standard InChI is InChI=1S/C10H12O3/c11-9-5-8-2-1-7(9)6-10(8)12-3-4-13-10/h3-4,7-8H,1-2,5-6H2. The third kappa shape index (κ3) is 0.872. The van der Waals surface area contributed by atoms with E-state index in [0.29, 0.717) is 12.2 Å². The summed E-state index contributed by atoms with van der Waals surface area (Å²) in [7, 11) is 0. The molecule has 3 fully saturated rings. The van der Waals surface area contributed by atoms with Crippen LogP contribution >= 0.6 is 0 Å². The van der Waals surface area contributed by atoms with Crippen molar-refractivity contribution in [2.75, 3.05) is 0 Å². The van der Waals surface area contributed by atoms with E-state index in [1.165, 1.54) is 0 Å². The minimum absolute atomic E-state index is 0.185. The summed E-state index contributed by atoms with van der Waals surface area (Å²) in [4.78, 5) is 11.5. The molecule has 0 saturated heterocycles. The zero-order valence-corrected chi connectivity index (χ0v) is 7.36. The van der Waals surface area contributed by atoms with Crippen LogP contribution in [0.25, 0.3) is 0 Å². The van der Waals surface area contributed by atoms with E-state index in [0.717, 1.165) is 19.3 Å². The van der Waals surface area contributed by atoms with Gasteiger partial charge in [0.2, 0.25) is 0 Å². The maximum atomic E-state index is 11.5. The molecular weight excluding hydrogens is 168 g/mol. The molecule has 70 valence electrons. The van der Waals surface area contributed by atoms with E-state index >= 15 is 0 Å². The fourth-order valence-corrected chi connectivity index (χ4v) is 2.78. The van der Waals surface area contributed by atoms with Gasteiger partial charge >= 0.3 is 0 Å². The van der Waals surface area contributed by atoms with Crippen LogP contribution in [0.1, 0.15) is 25.7 Å². The summed E-state index contributed by atoms with van der Waals surface area (Å²) in [6.45, 7) is 0. The maximum absolute atomic E-state index is 11.5. The van der Waals surface area contributed by atoms with Gasteiger partial charge in [0.1, 0.15) is 18.3 Å². The minimum Gasteiger partial charge on any atom is -0.456 e. The first kappa shape index (κ1) is 7.42. The number of ketones is 1. The van der Waals surface area contributed by atoms with Crippen LogP contribution in [0.15, 0.2) is 12.5 Å². The zero-order valence-electron chi connectivity index (χ0n) is 7.36. The molecule has 0 amide bonds. The molecule has 0 aromatic carbocycles. The maximum Gasteiger partial charge on any atom is 0.253 e. The number of carbonyl (C=O) groups is 1. The van der Waals surface area contributed by atoms with Gasteiger partial charge in [0.25, 0.3) is 5.79 Å². The molecule has 1 aliphatic heterocycles. The van der Waals surface area contributed by atoms with Crippen LogP contribution < -0.4 is 0 Å². The summed E-state index contributed by atoms with van der Waals surface area (Å²) in [6, 6.07) is 0. The lowest BCUT2D eigenvalue weighted by molar-refractivity contribution is -0.223. The summed E-state index contributed by atoms with van der Waals surface area (Å²) in [6.07, 6.45) is 6.70. The van der Waals surface area contributed by atoms with Gasteiger partial charge in [-0.25, -0.2) is 0 Å². The minimum atomic E-state index is -0.461. The summed E-state index contributed by atoms with van der Waals surface area (Å²) in [5, 5.41) is 0. The van der Waals surface area contributed by atoms with E-state index in [1.807, 2.05) is 0 Å². The largest absolute Gasteiger partial charge is 0.456 e. The Kier molecular flexibility index (Phi) is 1.30. The van der Waals surface area contributed by atoms with Gasteiger partial charge in [0.15, 0.2) is 0 Å². The second-order valence-electron chi connectivity index (χ2n) is 4.17. The van der Waals surface area contributed by atoms with Crippen LogP contribution in [0.4, 0.5) is 0 Å². The molecule has 0 radical (unpaired) electrons. The Morgan fingerprint density at radius 2 is 2.08 bits per heavy atom. The number of hydrogen-bond acceptors (Lipinski definition) is 3. The molecule has 3 saturated carbocycles. The number of hydrogen-bond donors (Lipinski definition) is 0. The highest BCUT2D eigenvalue weighted by atomic mass is 16.7. The summed E-state index contributed by atoms with van der Waals surface area (Å²) < 4.78 is 11.0. The first-order chi connectivity index (χ1) is 6.30. The van der Waals surface area contributed by atoms with E-state index in [1.54, 1.807) is 12.5 Å². The van der Waals surface area contributed by atoms with Crippen LogP contribution in [0.2, 0.25) is 0 Å². The fraction of sp³-hybridized carbons (Fsp3) is 0.700. The monoisotopic (exact) mass is 180 g/mol. The van der Waals surface area contributed by atoms with Gasteiger partial charge in [0.05, 0.1) is 0 Å². The molecule has 1 spiro atoms. The molecule has 3 heteroatoms. The van der Waals surface area contributed by atoms with Crippen molar-refractivity contribution in [1.29, 1.82) is 0 Å². The van der Waals surface area contributed by atoms with Crippen LogP contribution in [0, 0.1) is 11.8 Å². The molecule has 2 unspecified atom stereocenters. The average Bonchev–Trinajstić information content (AvgIpc) is 2.57. The van der Waals surface area contributed by atoms with E-state index in [2.05, 4.69) is 0 Å². The van der Waals surface area contributed by atoms with Gasteiger partial charge in [-0.15, -0.1) is 0 Å². The molecule has 4 aliphatic rings. The Morgan fingerprint density at radius 3 is 2.62 bits per heavy atom. The molecule has 2 atom stereocenters. The van der Waals surface area contributed by atoms with Gasteiger partial charge in [-0.2, -0.15) is 0 Å². The molecule has 4 rings (SSSR count). The van der Waals surface area contributed by atoms with E-state index < -0.39 is 5.79 Å². The van der Waals surface area contributed by atoms with Crippen molar-refractivity contribution in [2.45, 2.75) is 31.5 Å². The van der Waals surface area contributed by atoms with E-state index in [4.69, 9.17) is 9.47 Å². The highest BCUT2D eigenvalue weighted by Gasteiger charge is 2.55. The lowest BCUT2D eigenvalue weighted by atomic mass is 9.66. The fourth-order valence-electron chi connectivity index (χ4n) is 2.78. The Hall–Kier alpha value is -0.990. The van der Waals surface area contributed by atoms with E-state index in [9.17, 15) is 4.79 Å². The van der Waals surface area contributed by atoms with Gasteiger partial charge in [0, 0.05) is 24.7 Å². The predicted octanol–water partition coefficient (Wildman–Crippen LogP) is 1.59. The lowest BCUT2D eigenvalue weighted by Gasteiger charge is -2.46. The first-order valence-corrected chi connectivity index (χ1v) is 4.83. The Morgan fingerprint density at radius 1 is 1.31 bits per heavy atom. The third-order valence-corrected chi connectivity index (χ3v) is 3.51. The van der Waals surface area contributed by atoms with Crippen LogP contribution in [0.5, 0.6) is 0 Å². The molecule has 0 aromatic heterocycles. The summed E-state index contributed by atoms with van der Waals surface area (Å²) in [5.41, 5.74) is 0. The number of rotatable bonds is 0. The van der Waals surface area contributed by atoms with Gasteiger partial charge in [-0.1, -0.05) is 0 Å². The lowest BCUT2D eigenvalue weighted by Crippen LogP contribution is -2.51. The molecule has 2 bridgehead atoms. The van der Waals surface area contributed by atoms with Crippen LogP contribution in [-0.2, 0) is 14.3 Å². The molecular formula is C10H12O3. The Balaban J connectivity index is 1.90. The molecule has 0 aromatic rings. The van der Waals surface area contributed by atoms with Crippen molar-refractivity contribution in [1.82, 2.24) is 0 Å². The van der Waals surface area contributed by atoms with Crippen molar-refractivity contribution in [3.05, 3.63) is 12.5 Å². The van der Waals surface area contributed by atoms with Crippen molar-refractivity contribution >= 4 is 5.78 Å². The Bertz CT molecular complexity index is 274. The molecule has 0 N–H and O–H groups in total. The predicted molar refractivity (Wildman–Crippen MR) is 44.5 cm³/mol. The van der Waals surface area contributed by atoms with Gasteiger partial charge in [-0.05, 0) is 12.8 Å². The second kappa shape index (κ2) is 2.28. The van der Waals surface area contributed by atoms with Crippen LogP contribution in [0.3, 0.4) is 0 Å². The average molecular weight is 180 g/mol. The molecule has 3 aliphatic carbocycles. The molecule has 3 nitrogen and oxygen atoms in total. The second-order valence-corrected chi connectivity index (χ2v) is 4.17. The summed E-state index contributed by atoms with van der Waals surface area (Å²) >= 11 is 0. The normalized spacial score (nSPS) is 39.2. The van der Waals surface area contributed by atoms with Crippen molar-refractivity contribution in [2.24, 2.45) is 11.8 Å². The number of fused-ring (bicyclic) bond motifs is 2. The van der Waals surface area contributed by atoms with Crippen molar-refractivity contribution < 1.29 is 14.3 Å². The smallest absolute Gasteiger partial charge is 0.253 e. The highest BCUT2D eigenvalue weighted by molar-refractivity contribution is 5.83. The Labute approximate surface area is 76.7 Å². The zero-order chi connectivity index (χ0) is 8.89.